The van der Waals surface area contributed by atoms with Crippen molar-refractivity contribution in [3.05, 3.63) is 76.4 Å². The maximum Gasteiger partial charge on any atom is 0.253 e. The lowest BCUT2D eigenvalue weighted by molar-refractivity contribution is -0.136. The first-order valence-electron chi connectivity index (χ1n) is 16.9. The monoisotopic (exact) mass is 689 g/mol. The molecule has 260 valence electrons. The Labute approximate surface area is 293 Å². The first kappa shape index (κ1) is 33.9. The average Bonchev–Trinajstić information content (AvgIpc) is 3.76. The largest absolute Gasteiger partial charge is 0.507 e. The van der Waals surface area contributed by atoms with Gasteiger partial charge in [-0.2, -0.15) is 0 Å². The van der Waals surface area contributed by atoms with Gasteiger partial charge in [0.05, 0.1) is 22.9 Å². The number of amides is 2. The molecule has 2 bridgehead atoms. The lowest BCUT2D eigenvalue weighted by Gasteiger charge is -2.37. The lowest BCUT2D eigenvalue weighted by atomic mass is 9.69. The summed E-state index contributed by atoms with van der Waals surface area (Å²) in [5, 5.41) is 39.9. The summed E-state index contributed by atoms with van der Waals surface area (Å²) < 4.78 is 6.20. The number of ketones is 3. The van der Waals surface area contributed by atoms with Crippen molar-refractivity contribution < 1.29 is 44.0 Å². The van der Waals surface area contributed by atoms with E-state index < -0.39 is 46.8 Å². The van der Waals surface area contributed by atoms with E-state index in [4.69, 9.17) is 4.74 Å². The summed E-state index contributed by atoms with van der Waals surface area (Å²) in [6.07, 6.45) is 6.20. The molecular formula is C39H35N3O9. The standard InChI is InChI=1S/C39H35N3O9/c1-22(43)38-29-12-6-2-3-7-13-30(46)39(38,51-38)27-21-28(45)33-34(35(27)41-29)36(49)25-15-14-23(20-26(25)37(33)50)40-18-9-11-24(44)10-5-4-8-19-42-31(47)16-17-32(42)48/h2-3,14-17,20-22,29-30,40-41,43,45-46H,4-5,8-11,18-19H2,1H3/b3-2-/t22-,29+,30-,38+,39+/m1/s1. The zero-order valence-corrected chi connectivity index (χ0v) is 27.7. The van der Waals surface area contributed by atoms with Gasteiger partial charge in [0.25, 0.3) is 11.8 Å². The Morgan fingerprint density at radius 1 is 0.961 bits per heavy atom. The number of carbonyl (C=O) groups excluding carboxylic acids is 5. The van der Waals surface area contributed by atoms with E-state index in [1.807, 2.05) is 0 Å². The smallest absolute Gasteiger partial charge is 0.253 e. The van der Waals surface area contributed by atoms with E-state index in [0.717, 1.165) is 6.42 Å². The van der Waals surface area contributed by atoms with Gasteiger partial charge in [0, 0.05) is 60.5 Å². The molecule has 0 aromatic heterocycles. The molecule has 12 nitrogen and oxygen atoms in total. The number of unbranched alkanes of at least 4 members (excludes halogenated alkanes) is 2. The Morgan fingerprint density at radius 2 is 1.67 bits per heavy atom. The second-order valence-corrected chi connectivity index (χ2v) is 13.2. The molecule has 3 heterocycles. The quantitative estimate of drug-likeness (QED) is 0.0619. The van der Waals surface area contributed by atoms with E-state index in [9.17, 15) is 39.3 Å². The molecule has 2 aromatic rings. The molecule has 5 aliphatic rings. The van der Waals surface area contributed by atoms with E-state index in [0.29, 0.717) is 50.9 Å². The second kappa shape index (κ2) is 13.0. The third kappa shape index (κ3) is 5.44. The Balaban J connectivity index is 1.03. The molecule has 5 N–H and O–H groups in total. The Morgan fingerprint density at radius 3 is 2.41 bits per heavy atom. The summed E-state index contributed by atoms with van der Waals surface area (Å²) >= 11 is 0. The fourth-order valence-electron chi connectivity index (χ4n) is 7.61. The highest BCUT2D eigenvalue weighted by Gasteiger charge is 2.82. The normalized spacial score (nSPS) is 25.9. The predicted octanol–water partition coefficient (Wildman–Crippen LogP) is 2.49. The molecule has 2 aromatic carbocycles. The number of rotatable bonds is 12. The number of fused-ring (bicyclic) bond motifs is 4. The van der Waals surface area contributed by atoms with Crippen molar-refractivity contribution in [3.63, 3.8) is 0 Å². The number of benzene rings is 2. The summed E-state index contributed by atoms with van der Waals surface area (Å²) in [5.74, 6) is 9.20. The number of phenols is 1. The number of nitrogens with one attached hydrogen (secondary N) is 2. The van der Waals surface area contributed by atoms with E-state index in [-0.39, 0.29) is 51.1 Å². The fourth-order valence-corrected chi connectivity index (χ4v) is 7.61. The molecule has 0 radical (unpaired) electrons. The van der Waals surface area contributed by atoms with Crippen LogP contribution in [0.1, 0.15) is 82.9 Å². The summed E-state index contributed by atoms with van der Waals surface area (Å²) in [7, 11) is 0. The highest BCUT2D eigenvalue weighted by atomic mass is 16.7. The highest BCUT2D eigenvalue weighted by Crippen LogP contribution is 2.67. The van der Waals surface area contributed by atoms with Crippen LogP contribution in [-0.2, 0) is 24.7 Å². The minimum absolute atomic E-state index is 0.0784. The molecule has 12 heteroatoms. The Bertz CT molecular complexity index is 2080. The number of imide groups is 1. The summed E-state index contributed by atoms with van der Waals surface area (Å²) in [5.41, 5.74) is -2.21. The van der Waals surface area contributed by atoms with Gasteiger partial charge in [-0.15, -0.1) is 0 Å². The predicted molar refractivity (Wildman–Crippen MR) is 184 cm³/mol. The Kier molecular flexibility index (Phi) is 8.64. The zero-order chi connectivity index (χ0) is 36.1. The zero-order valence-electron chi connectivity index (χ0n) is 27.7. The number of hydrogen-bond donors (Lipinski definition) is 5. The van der Waals surface area contributed by atoms with Crippen molar-refractivity contribution in [2.75, 3.05) is 23.7 Å². The maximum atomic E-state index is 14.1. The van der Waals surface area contributed by atoms with Gasteiger partial charge < -0.3 is 30.7 Å². The topological polar surface area (TPSA) is 186 Å². The number of epoxide rings is 1. The van der Waals surface area contributed by atoms with Crippen LogP contribution < -0.4 is 10.6 Å². The number of aromatic hydroxyl groups is 1. The van der Waals surface area contributed by atoms with Gasteiger partial charge in [-0.3, -0.25) is 28.9 Å². The van der Waals surface area contributed by atoms with Gasteiger partial charge in [-0.25, -0.2) is 0 Å². The molecule has 2 amide bonds. The highest BCUT2D eigenvalue weighted by molar-refractivity contribution is 6.31. The molecule has 3 aliphatic heterocycles. The SMILES string of the molecule is C[C@@H](O)[C@@]12O[C@]13c1cc(O)c4c(c1N[C@H]2C#C/C=C\C#C[C@H]3O)C(=O)c1ccc(NCCCC(=O)CCCCCN2C(=O)C=CC2=O)cc1C4=O. The third-order valence-electron chi connectivity index (χ3n) is 10.2. The fraction of sp³-hybridized carbons (Fsp3) is 0.359. The van der Waals surface area contributed by atoms with Gasteiger partial charge in [0.15, 0.2) is 28.9 Å². The second-order valence-electron chi connectivity index (χ2n) is 13.2. The molecule has 7 rings (SSSR count). The van der Waals surface area contributed by atoms with Crippen LogP contribution in [0.2, 0.25) is 0 Å². The number of allylic oxidation sites excluding steroid dienone is 2. The van der Waals surface area contributed by atoms with Gasteiger partial charge in [-0.05, 0) is 62.6 Å². The van der Waals surface area contributed by atoms with Crippen LogP contribution in [0.5, 0.6) is 5.75 Å². The molecule has 1 saturated heterocycles. The van der Waals surface area contributed by atoms with Crippen molar-refractivity contribution in [2.45, 2.75) is 74.9 Å². The number of carbonyl (C=O) groups is 5. The van der Waals surface area contributed by atoms with Gasteiger partial charge >= 0.3 is 0 Å². The first-order chi connectivity index (χ1) is 24.5. The number of aliphatic hydroxyl groups is 2. The lowest BCUT2D eigenvalue weighted by Crippen LogP contribution is -2.54. The molecule has 51 heavy (non-hydrogen) atoms. The van der Waals surface area contributed by atoms with E-state index in [1.165, 1.54) is 48.3 Å². The van der Waals surface area contributed by atoms with Crippen LogP contribution in [0.25, 0.3) is 0 Å². The van der Waals surface area contributed by atoms with Gasteiger partial charge in [0.1, 0.15) is 17.6 Å². The number of phenolic OH excluding ortho intramolecular Hbond substituents is 1. The number of anilines is 2. The average molecular weight is 690 g/mol. The number of ether oxygens (including phenoxy) is 1. The number of aliphatic hydroxyl groups excluding tert-OH is 2. The van der Waals surface area contributed by atoms with Crippen molar-refractivity contribution in [1.82, 2.24) is 4.90 Å². The van der Waals surface area contributed by atoms with E-state index in [2.05, 4.69) is 34.3 Å². The van der Waals surface area contributed by atoms with Crippen LogP contribution in [0.3, 0.4) is 0 Å². The first-order valence-corrected chi connectivity index (χ1v) is 16.9. The number of hydrogen-bond acceptors (Lipinski definition) is 11. The minimum Gasteiger partial charge on any atom is -0.507 e. The molecule has 0 saturated carbocycles. The van der Waals surface area contributed by atoms with E-state index >= 15 is 0 Å². The van der Waals surface area contributed by atoms with Crippen LogP contribution >= 0.6 is 0 Å². The van der Waals surface area contributed by atoms with Crippen molar-refractivity contribution >= 4 is 40.5 Å². The molecule has 5 atom stereocenters. The number of nitrogens with zero attached hydrogens (tertiary/aromatic N) is 1. The van der Waals surface area contributed by atoms with Gasteiger partial charge in [-0.1, -0.05) is 30.1 Å². The van der Waals surface area contributed by atoms with Gasteiger partial charge in [0.2, 0.25) is 0 Å². The van der Waals surface area contributed by atoms with Crippen LogP contribution in [0.15, 0.2) is 48.6 Å². The molecular weight excluding hydrogens is 654 g/mol. The minimum atomic E-state index is -1.64. The molecule has 1 fully saturated rings. The molecule has 0 unspecified atom stereocenters. The molecule has 2 aliphatic carbocycles. The van der Waals surface area contributed by atoms with Crippen molar-refractivity contribution in [1.29, 1.82) is 0 Å². The van der Waals surface area contributed by atoms with E-state index in [1.54, 1.807) is 12.1 Å². The summed E-state index contributed by atoms with van der Waals surface area (Å²) in [6, 6.07) is 5.13. The number of Topliss-reactive ketones (excluding diaryl/α,β-unsaturated/α-hetero) is 1. The van der Waals surface area contributed by atoms with Crippen molar-refractivity contribution in [3.8, 4) is 29.4 Å². The van der Waals surface area contributed by atoms with Crippen LogP contribution in [0.4, 0.5) is 11.4 Å². The summed E-state index contributed by atoms with van der Waals surface area (Å²) in [6.45, 7) is 2.29. The third-order valence-corrected chi connectivity index (χ3v) is 10.2. The van der Waals surface area contributed by atoms with Crippen molar-refractivity contribution in [2.24, 2.45) is 0 Å². The van der Waals surface area contributed by atoms with Crippen LogP contribution in [0, 0.1) is 23.7 Å². The van der Waals surface area contributed by atoms with Crippen LogP contribution in [-0.4, -0.2) is 86.3 Å². The summed E-state index contributed by atoms with van der Waals surface area (Å²) in [4.78, 5) is 64.9. The maximum absolute atomic E-state index is 14.1. The Hall–Kier alpha value is -5.53. The molecule has 0 spiro atoms.